The molecule has 0 fully saturated rings. The molecule has 0 saturated carbocycles. The predicted molar refractivity (Wildman–Crippen MR) is 79.9 cm³/mol. The van der Waals surface area contributed by atoms with E-state index in [0.29, 0.717) is 12.4 Å². The van der Waals surface area contributed by atoms with Crippen molar-refractivity contribution in [2.75, 3.05) is 0 Å². The fourth-order valence-electron chi connectivity index (χ4n) is 1.88. The van der Waals surface area contributed by atoms with Gasteiger partial charge in [0.25, 0.3) is 5.69 Å². The molecule has 0 atom stereocenters. The summed E-state index contributed by atoms with van der Waals surface area (Å²) in [6.45, 7) is 0.378. The Bertz CT molecular complexity index is 824. The second-order valence-corrected chi connectivity index (χ2v) is 5.29. The summed E-state index contributed by atoms with van der Waals surface area (Å²) in [5.74, 6) is 0.460. The van der Waals surface area contributed by atoms with E-state index in [0.717, 1.165) is 15.7 Å². The maximum atomic E-state index is 10.6. The molecule has 9 nitrogen and oxygen atoms in total. The Hall–Kier alpha value is -2.62. The van der Waals surface area contributed by atoms with Gasteiger partial charge in [0, 0.05) is 19.2 Å². The first-order valence-corrected chi connectivity index (χ1v) is 7.03. The van der Waals surface area contributed by atoms with Gasteiger partial charge in [0.1, 0.15) is 4.60 Å². The van der Waals surface area contributed by atoms with E-state index in [4.69, 9.17) is 0 Å². The van der Waals surface area contributed by atoms with Crippen molar-refractivity contribution in [1.82, 2.24) is 30.0 Å². The van der Waals surface area contributed by atoms with Gasteiger partial charge in [0.2, 0.25) is 5.82 Å². The van der Waals surface area contributed by atoms with Crippen LogP contribution in [0.15, 0.2) is 35.1 Å². The van der Waals surface area contributed by atoms with Gasteiger partial charge in [-0.15, -0.1) is 10.2 Å². The van der Waals surface area contributed by atoms with E-state index in [1.165, 1.54) is 16.9 Å². The highest BCUT2D eigenvalue weighted by Gasteiger charge is 2.13. The Balaban J connectivity index is 1.79. The Kier molecular flexibility index (Phi) is 3.67. The zero-order chi connectivity index (χ0) is 15.7. The molecule has 0 N–H and O–H groups in total. The van der Waals surface area contributed by atoms with Crippen molar-refractivity contribution in [1.29, 1.82) is 0 Å². The molecule has 112 valence electrons. The van der Waals surface area contributed by atoms with Crippen molar-refractivity contribution in [3.8, 4) is 11.4 Å². The summed E-state index contributed by atoms with van der Waals surface area (Å²) in [7, 11) is 1.80. The van der Waals surface area contributed by atoms with Crippen molar-refractivity contribution >= 4 is 21.6 Å². The normalized spacial score (nSPS) is 10.8. The molecular weight excluding hydrogens is 354 g/mol. The van der Waals surface area contributed by atoms with Crippen LogP contribution in [-0.2, 0) is 13.6 Å². The van der Waals surface area contributed by atoms with Crippen LogP contribution in [0.25, 0.3) is 11.4 Å². The number of hydrogen-bond donors (Lipinski definition) is 0. The number of hydrogen-bond acceptors (Lipinski definition) is 6. The standard InChI is InChI=1S/C12H10BrN7O2/c1-18-11(13)10(6-14-18)12-15-17-19(16-12)7-8-2-4-9(5-3-8)20(21)22/h2-6H,7H2,1H3. The number of nitrogens with zero attached hydrogens (tertiary/aromatic N) is 7. The second-order valence-electron chi connectivity index (χ2n) is 4.54. The van der Waals surface area contributed by atoms with Crippen LogP contribution in [0, 0.1) is 10.1 Å². The lowest BCUT2D eigenvalue weighted by Crippen LogP contribution is -2.04. The first kappa shape index (κ1) is 14.3. The van der Waals surface area contributed by atoms with Gasteiger partial charge < -0.3 is 0 Å². The minimum absolute atomic E-state index is 0.0512. The number of non-ortho nitro benzene ring substituents is 1. The third-order valence-electron chi connectivity index (χ3n) is 3.03. The molecule has 0 saturated heterocycles. The molecular formula is C12H10BrN7O2. The van der Waals surface area contributed by atoms with Gasteiger partial charge in [-0.05, 0) is 26.7 Å². The Morgan fingerprint density at radius 1 is 1.32 bits per heavy atom. The molecule has 1 aromatic carbocycles. The first-order chi connectivity index (χ1) is 10.5. The summed E-state index contributed by atoms with van der Waals surface area (Å²) in [5.41, 5.74) is 1.65. The van der Waals surface area contributed by atoms with Gasteiger partial charge in [-0.3, -0.25) is 14.8 Å². The molecule has 10 heteroatoms. The van der Waals surface area contributed by atoms with Gasteiger partial charge in [-0.1, -0.05) is 12.1 Å². The number of aryl methyl sites for hydroxylation is 1. The van der Waals surface area contributed by atoms with Crippen LogP contribution < -0.4 is 0 Å². The summed E-state index contributed by atoms with van der Waals surface area (Å²) in [6, 6.07) is 6.23. The number of benzene rings is 1. The van der Waals surface area contributed by atoms with Crippen molar-refractivity contribution in [2.24, 2.45) is 7.05 Å². The maximum absolute atomic E-state index is 10.6. The highest BCUT2D eigenvalue weighted by Crippen LogP contribution is 2.23. The SMILES string of the molecule is Cn1ncc(-c2nnn(Cc3ccc([N+](=O)[O-])cc3)n2)c1Br. The monoisotopic (exact) mass is 363 g/mol. The molecule has 0 unspecified atom stereocenters. The molecule has 2 aromatic heterocycles. The first-order valence-electron chi connectivity index (χ1n) is 6.23. The molecule has 0 aliphatic heterocycles. The zero-order valence-corrected chi connectivity index (χ0v) is 13.0. The number of nitro groups is 1. The molecule has 3 rings (SSSR count). The largest absolute Gasteiger partial charge is 0.269 e. The van der Waals surface area contributed by atoms with Gasteiger partial charge in [0.05, 0.1) is 23.2 Å². The average molecular weight is 364 g/mol. The molecule has 2 heterocycles. The Morgan fingerprint density at radius 2 is 2.05 bits per heavy atom. The van der Waals surface area contributed by atoms with Crippen LogP contribution in [-0.4, -0.2) is 34.9 Å². The number of aromatic nitrogens is 6. The molecule has 0 bridgehead atoms. The van der Waals surface area contributed by atoms with Crippen LogP contribution in [0.5, 0.6) is 0 Å². The number of nitro benzene ring substituents is 1. The lowest BCUT2D eigenvalue weighted by Gasteiger charge is -1.99. The summed E-state index contributed by atoms with van der Waals surface area (Å²) in [5, 5.41) is 27.0. The van der Waals surface area contributed by atoms with Gasteiger partial charge in [-0.25, -0.2) is 0 Å². The van der Waals surface area contributed by atoms with Crippen LogP contribution in [0.3, 0.4) is 0 Å². The lowest BCUT2D eigenvalue weighted by molar-refractivity contribution is -0.384. The molecule has 0 radical (unpaired) electrons. The van der Waals surface area contributed by atoms with Crippen molar-refractivity contribution < 1.29 is 4.92 Å². The summed E-state index contributed by atoms with van der Waals surface area (Å²) in [6.07, 6.45) is 1.65. The lowest BCUT2D eigenvalue weighted by atomic mass is 10.2. The van der Waals surface area contributed by atoms with E-state index in [-0.39, 0.29) is 5.69 Å². The summed E-state index contributed by atoms with van der Waals surface area (Å²) in [4.78, 5) is 11.6. The fourth-order valence-corrected chi connectivity index (χ4v) is 2.25. The van der Waals surface area contributed by atoms with Gasteiger partial charge in [-0.2, -0.15) is 9.90 Å². The zero-order valence-electron chi connectivity index (χ0n) is 11.4. The van der Waals surface area contributed by atoms with Gasteiger partial charge >= 0.3 is 0 Å². The number of halogens is 1. The van der Waals surface area contributed by atoms with E-state index in [1.54, 1.807) is 30.1 Å². The third kappa shape index (κ3) is 2.72. The highest BCUT2D eigenvalue weighted by molar-refractivity contribution is 9.10. The molecule has 22 heavy (non-hydrogen) atoms. The van der Waals surface area contributed by atoms with Crippen molar-refractivity contribution in [3.05, 3.63) is 50.7 Å². The molecule has 0 aliphatic rings. The number of tetrazole rings is 1. The topological polar surface area (TPSA) is 105 Å². The van der Waals surface area contributed by atoms with Crippen LogP contribution >= 0.6 is 15.9 Å². The smallest absolute Gasteiger partial charge is 0.261 e. The summed E-state index contributed by atoms with van der Waals surface area (Å²) < 4.78 is 2.43. The highest BCUT2D eigenvalue weighted by atomic mass is 79.9. The van der Waals surface area contributed by atoms with Gasteiger partial charge in [0.15, 0.2) is 0 Å². The second kappa shape index (κ2) is 5.64. The molecule has 3 aromatic rings. The van der Waals surface area contributed by atoms with Crippen molar-refractivity contribution in [3.63, 3.8) is 0 Å². The molecule has 0 amide bonds. The van der Waals surface area contributed by atoms with Crippen molar-refractivity contribution in [2.45, 2.75) is 6.54 Å². The predicted octanol–water partition coefficient (Wildman–Crippen LogP) is 1.79. The van der Waals surface area contributed by atoms with E-state index < -0.39 is 4.92 Å². The molecule has 0 spiro atoms. The maximum Gasteiger partial charge on any atom is 0.269 e. The van der Waals surface area contributed by atoms with Crippen LogP contribution in [0.2, 0.25) is 0 Å². The fraction of sp³-hybridized carbons (Fsp3) is 0.167. The van der Waals surface area contributed by atoms with E-state index in [9.17, 15) is 10.1 Å². The Morgan fingerprint density at radius 3 is 2.64 bits per heavy atom. The molecule has 0 aliphatic carbocycles. The van der Waals surface area contributed by atoms with Crippen LogP contribution in [0.1, 0.15) is 5.56 Å². The Labute approximate surface area is 132 Å². The minimum Gasteiger partial charge on any atom is -0.261 e. The average Bonchev–Trinajstić information content (AvgIpc) is 3.08. The van der Waals surface area contributed by atoms with E-state index >= 15 is 0 Å². The number of rotatable bonds is 4. The third-order valence-corrected chi connectivity index (χ3v) is 3.97. The quantitative estimate of drug-likeness (QED) is 0.516. The van der Waals surface area contributed by atoms with Crippen LogP contribution in [0.4, 0.5) is 5.69 Å². The van der Waals surface area contributed by atoms with E-state index in [2.05, 4.69) is 36.4 Å². The minimum atomic E-state index is -0.435. The summed E-state index contributed by atoms with van der Waals surface area (Å²) >= 11 is 3.40. The van der Waals surface area contributed by atoms with E-state index in [1.807, 2.05) is 0 Å².